The Hall–Kier alpha value is -0.780. The van der Waals surface area contributed by atoms with Crippen molar-refractivity contribution in [3.63, 3.8) is 0 Å². The van der Waals surface area contributed by atoms with Crippen LogP contribution in [0.15, 0.2) is 24.3 Å². The van der Waals surface area contributed by atoms with Gasteiger partial charge in [0.1, 0.15) is 0 Å². The number of hydrogen-bond donors (Lipinski definition) is 2. The minimum absolute atomic E-state index is 0.366. The summed E-state index contributed by atoms with van der Waals surface area (Å²) in [6, 6.07) is 6.73. The second kappa shape index (κ2) is 5.25. The summed E-state index contributed by atoms with van der Waals surface area (Å²) in [4.78, 5) is 0. The molecular formula is C11H15ClN2O2S. The van der Waals surface area contributed by atoms with Crippen molar-refractivity contribution in [3.8, 4) is 0 Å². The van der Waals surface area contributed by atoms with Gasteiger partial charge in [0.25, 0.3) is 0 Å². The molecule has 1 unspecified atom stereocenters. The lowest BCUT2D eigenvalue weighted by molar-refractivity contribution is 0.499. The summed E-state index contributed by atoms with van der Waals surface area (Å²) in [5.74, 6) is 0. The largest absolute Gasteiger partial charge is 0.315 e. The number of halogens is 1. The molecule has 17 heavy (non-hydrogen) atoms. The van der Waals surface area contributed by atoms with E-state index < -0.39 is 10.0 Å². The average molecular weight is 275 g/mol. The van der Waals surface area contributed by atoms with Gasteiger partial charge >= 0.3 is 0 Å². The third-order valence-electron chi connectivity index (χ3n) is 2.78. The van der Waals surface area contributed by atoms with E-state index in [0.29, 0.717) is 23.7 Å². The van der Waals surface area contributed by atoms with Crippen LogP contribution in [0.3, 0.4) is 0 Å². The maximum Gasteiger partial charge on any atom is 0.236 e. The molecule has 2 rings (SSSR count). The summed E-state index contributed by atoms with van der Waals surface area (Å²) in [7, 11) is -3.32. The Kier molecular flexibility index (Phi) is 3.91. The lowest BCUT2D eigenvalue weighted by Crippen LogP contribution is -2.41. The summed E-state index contributed by atoms with van der Waals surface area (Å²) in [6.07, 6.45) is 1.59. The molecule has 1 aromatic rings. The van der Waals surface area contributed by atoms with Crippen LogP contribution < -0.4 is 10.0 Å². The van der Waals surface area contributed by atoms with E-state index in [2.05, 4.69) is 10.0 Å². The summed E-state index contributed by atoms with van der Waals surface area (Å²) in [6.45, 7) is 1.40. The number of nitrogens with one attached hydrogen (secondary N) is 2. The summed E-state index contributed by atoms with van der Waals surface area (Å²) in [5.41, 5.74) is 0.517. The number of hydrogen-bond acceptors (Lipinski definition) is 3. The van der Waals surface area contributed by atoms with E-state index in [-0.39, 0.29) is 5.25 Å². The zero-order valence-electron chi connectivity index (χ0n) is 9.32. The van der Waals surface area contributed by atoms with Crippen LogP contribution in [0.2, 0.25) is 5.02 Å². The Morgan fingerprint density at radius 3 is 2.88 bits per heavy atom. The van der Waals surface area contributed by atoms with Gasteiger partial charge in [0.05, 0.1) is 5.25 Å². The molecule has 1 heterocycles. The first-order valence-electron chi connectivity index (χ1n) is 5.56. The Morgan fingerprint density at radius 2 is 2.24 bits per heavy atom. The lowest BCUT2D eigenvalue weighted by atomic mass is 10.2. The summed E-state index contributed by atoms with van der Waals surface area (Å²) < 4.78 is 26.7. The Labute approximate surface area is 106 Å². The highest BCUT2D eigenvalue weighted by molar-refractivity contribution is 7.93. The molecule has 0 aliphatic carbocycles. The van der Waals surface area contributed by atoms with Crippen molar-refractivity contribution in [1.29, 1.82) is 0 Å². The van der Waals surface area contributed by atoms with Crippen molar-refractivity contribution in [2.75, 3.05) is 17.8 Å². The van der Waals surface area contributed by atoms with Gasteiger partial charge in [-0.15, -0.1) is 0 Å². The van der Waals surface area contributed by atoms with Crippen molar-refractivity contribution < 1.29 is 8.42 Å². The fourth-order valence-electron chi connectivity index (χ4n) is 1.88. The molecule has 0 spiro atoms. The summed E-state index contributed by atoms with van der Waals surface area (Å²) >= 11 is 5.81. The first-order valence-corrected chi connectivity index (χ1v) is 7.48. The van der Waals surface area contributed by atoms with Gasteiger partial charge in [-0.1, -0.05) is 17.7 Å². The molecule has 6 heteroatoms. The van der Waals surface area contributed by atoms with Crippen LogP contribution in [0.25, 0.3) is 0 Å². The van der Waals surface area contributed by atoms with Crippen LogP contribution >= 0.6 is 11.6 Å². The molecule has 1 saturated heterocycles. The van der Waals surface area contributed by atoms with Crippen molar-refractivity contribution in [2.45, 2.75) is 18.1 Å². The minimum Gasteiger partial charge on any atom is -0.315 e. The monoisotopic (exact) mass is 274 g/mol. The Balaban J connectivity index is 2.11. The fourth-order valence-corrected chi connectivity index (χ4v) is 3.51. The van der Waals surface area contributed by atoms with Crippen molar-refractivity contribution in [3.05, 3.63) is 29.3 Å². The van der Waals surface area contributed by atoms with Crippen LogP contribution in [-0.2, 0) is 10.0 Å². The second-order valence-electron chi connectivity index (χ2n) is 4.13. The molecule has 0 radical (unpaired) electrons. The molecular weight excluding hydrogens is 260 g/mol. The number of benzene rings is 1. The van der Waals surface area contributed by atoms with Crippen LogP contribution in [0.5, 0.6) is 0 Å². The molecule has 0 amide bonds. The normalized spacial score (nSPS) is 21.1. The zero-order valence-corrected chi connectivity index (χ0v) is 10.9. The lowest BCUT2D eigenvalue weighted by Gasteiger charge is -2.23. The third-order valence-corrected chi connectivity index (χ3v) is 4.81. The van der Waals surface area contributed by atoms with Gasteiger partial charge < -0.3 is 5.32 Å². The van der Waals surface area contributed by atoms with Gasteiger partial charge in [0.2, 0.25) is 10.0 Å². The molecule has 94 valence electrons. The molecule has 1 aliphatic rings. The van der Waals surface area contributed by atoms with Crippen LogP contribution in [0.4, 0.5) is 5.69 Å². The van der Waals surface area contributed by atoms with E-state index in [0.717, 1.165) is 13.0 Å². The summed E-state index contributed by atoms with van der Waals surface area (Å²) in [5, 5.41) is 3.25. The highest BCUT2D eigenvalue weighted by Crippen LogP contribution is 2.19. The second-order valence-corrected chi connectivity index (χ2v) is 6.52. The predicted molar refractivity (Wildman–Crippen MR) is 69.9 cm³/mol. The maximum absolute atomic E-state index is 12.1. The first-order chi connectivity index (χ1) is 8.08. The van der Waals surface area contributed by atoms with Gasteiger partial charge in [-0.2, -0.15) is 0 Å². The van der Waals surface area contributed by atoms with Crippen molar-refractivity contribution >= 4 is 27.3 Å². The van der Waals surface area contributed by atoms with Gasteiger partial charge in [0, 0.05) is 17.3 Å². The molecule has 0 aromatic heterocycles. The van der Waals surface area contributed by atoms with E-state index in [4.69, 9.17) is 11.6 Å². The Bertz CT molecular complexity index is 484. The van der Waals surface area contributed by atoms with Crippen LogP contribution in [0.1, 0.15) is 12.8 Å². The SMILES string of the molecule is O=S(=O)(Nc1cccc(Cl)c1)C1CCCNC1. The quantitative estimate of drug-likeness (QED) is 0.884. The van der Waals surface area contributed by atoms with Gasteiger partial charge in [-0.25, -0.2) is 8.42 Å². The minimum atomic E-state index is -3.32. The molecule has 1 aromatic carbocycles. The third kappa shape index (κ3) is 3.34. The topological polar surface area (TPSA) is 58.2 Å². The number of piperidine rings is 1. The van der Waals surface area contributed by atoms with Gasteiger partial charge in [-0.05, 0) is 37.6 Å². The van der Waals surface area contributed by atoms with E-state index >= 15 is 0 Å². The van der Waals surface area contributed by atoms with E-state index in [1.165, 1.54) is 0 Å². The van der Waals surface area contributed by atoms with Crippen LogP contribution in [0, 0.1) is 0 Å². The highest BCUT2D eigenvalue weighted by atomic mass is 35.5. The molecule has 4 nitrogen and oxygen atoms in total. The Morgan fingerprint density at radius 1 is 1.41 bits per heavy atom. The number of rotatable bonds is 3. The maximum atomic E-state index is 12.1. The van der Waals surface area contributed by atoms with Crippen molar-refractivity contribution in [1.82, 2.24) is 5.32 Å². The standard InChI is InChI=1S/C11H15ClN2O2S/c12-9-3-1-4-10(7-9)14-17(15,16)11-5-2-6-13-8-11/h1,3-4,7,11,13-14H,2,5-6,8H2. The predicted octanol–water partition coefficient (Wildman–Crippen LogP) is 1.83. The fraction of sp³-hybridized carbons (Fsp3) is 0.455. The number of anilines is 1. The molecule has 1 aliphatic heterocycles. The molecule has 2 N–H and O–H groups in total. The first kappa shape index (κ1) is 12.7. The van der Waals surface area contributed by atoms with Gasteiger partial charge in [-0.3, -0.25) is 4.72 Å². The molecule has 1 fully saturated rings. The van der Waals surface area contributed by atoms with E-state index in [1.54, 1.807) is 24.3 Å². The molecule has 0 saturated carbocycles. The molecule has 0 bridgehead atoms. The number of sulfonamides is 1. The average Bonchev–Trinajstić information content (AvgIpc) is 2.29. The zero-order chi connectivity index (χ0) is 12.3. The smallest absolute Gasteiger partial charge is 0.236 e. The van der Waals surface area contributed by atoms with Crippen LogP contribution in [-0.4, -0.2) is 26.8 Å². The van der Waals surface area contributed by atoms with Gasteiger partial charge in [0.15, 0.2) is 0 Å². The molecule has 1 atom stereocenters. The van der Waals surface area contributed by atoms with E-state index in [1.807, 2.05) is 0 Å². The van der Waals surface area contributed by atoms with Crippen molar-refractivity contribution in [2.24, 2.45) is 0 Å². The highest BCUT2D eigenvalue weighted by Gasteiger charge is 2.26. The van der Waals surface area contributed by atoms with E-state index in [9.17, 15) is 8.42 Å².